The van der Waals surface area contributed by atoms with Crippen LogP contribution in [0.3, 0.4) is 0 Å². The Hall–Kier alpha value is -1.89. The Bertz CT molecular complexity index is 941. The van der Waals surface area contributed by atoms with Gasteiger partial charge in [0.15, 0.2) is 11.7 Å². The molecule has 3 rings (SSSR count). The number of ether oxygens (including phenoxy) is 1. The lowest BCUT2D eigenvalue weighted by molar-refractivity contribution is -0.118. The van der Waals surface area contributed by atoms with Crippen molar-refractivity contribution in [3.63, 3.8) is 0 Å². The molecule has 0 saturated carbocycles. The number of hydrogen-bond donors (Lipinski definition) is 1. The Morgan fingerprint density at radius 2 is 2.00 bits per heavy atom. The minimum Gasteiger partial charge on any atom is -0.483 e. The molecule has 0 aliphatic carbocycles. The molecule has 140 valence electrons. The van der Waals surface area contributed by atoms with E-state index < -0.39 is 0 Å². The summed E-state index contributed by atoms with van der Waals surface area (Å²) >= 11 is 10.8. The van der Waals surface area contributed by atoms with Crippen molar-refractivity contribution >= 4 is 49.9 Å². The Labute approximate surface area is 175 Å². The van der Waals surface area contributed by atoms with E-state index in [9.17, 15) is 4.79 Å². The third kappa shape index (κ3) is 5.31. The fraction of sp³-hybridized carbons (Fsp3) is 0.200. The van der Waals surface area contributed by atoms with Crippen LogP contribution in [0.4, 0.5) is 5.13 Å². The van der Waals surface area contributed by atoms with Crippen molar-refractivity contribution in [2.45, 2.75) is 19.8 Å². The molecule has 0 unspecified atom stereocenters. The van der Waals surface area contributed by atoms with Gasteiger partial charge >= 0.3 is 0 Å². The molecule has 0 saturated heterocycles. The summed E-state index contributed by atoms with van der Waals surface area (Å²) in [4.78, 5) is 16.6. The van der Waals surface area contributed by atoms with Gasteiger partial charge in [-0.15, -0.1) is 11.3 Å². The van der Waals surface area contributed by atoms with Crippen LogP contribution >= 0.6 is 38.9 Å². The summed E-state index contributed by atoms with van der Waals surface area (Å²) in [5.74, 6) is 0.806. The second-order valence-electron chi connectivity index (χ2n) is 6.23. The first-order chi connectivity index (χ1) is 12.9. The number of halogens is 2. The van der Waals surface area contributed by atoms with E-state index in [0.29, 0.717) is 21.8 Å². The second-order valence-corrected chi connectivity index (χ2v) is 8.38. The molecule has 3 aromatic rings. The van der Waals surface area contributed by atoms with Crippen LogP contribution in [0.1, 0.15) is 25.3 Å². The van der Waals surface area contributed by atoms with E-state index in [2.05, 4.69) is 40.1 Å². The second kappa shape index (κ2) is 8.87. The molecule has 1 N–H and O–H groups in total. The van der Waals surface area contributed by atoms with E-state index >= 15 is 0 Å². The predicted octanol–water partition coefficient (Wildman–Crippen LogP) is 6.37. The molecular formula is C20H18BrClN2O2S. The zero-order chi connectivity index (χ0) is 19.4. The van der Waals surface area contributed by atoms with E-state index in [4.69, 9.17) is 16.3 Å². The van der Waals surface area contributed by atoms with E-state index in [1.165, 1.54) is 16.9 Å². The van der Waals surface area contributed by atoms with Crippen LogP contribution in [0.5, 0.6) is 5.75 Å². The number of nitrogens with zero attached hydrogens (tertiary/aromatic N) is 1. The minimum absolute atomic E-state index is 0.0878. The lowest BCUT2D eigenvalue weighted by atomic mass is 10.0. The molecule has 0 aliphatic heterocycles. The van der Waals surface area contributed by atoms with Gasteiger partial charge < -0.3 is 4.74 Å². The lowest BCUT2D eigenvalue weighted by Crippen LogP contribution is -2.20. The van der Waals surface area contributed by atoms with Crippen LogP contribution in [0.2, 0.25) is 5.02 Å². The van der Waals surface area contributed by atoms with Crippen molar-refractivity contribution in [2.75, 3.05) is 11.9 Å². The molecule has 0 atom stereocenters. The quantitative estimate of drug-likeness (QED) is 0.460. The maximum atomic E-state index is 12.2. The Balaban J connectivity index is 1.58. The molecule has 1 amide bonds. The lowest BCUT2D eigenvalue weighted by Gasteiger charge is -2.11. The number of nitrogens with one attached hydrogen (secondary N) is 1. The summed E-state index contributed by atoms with van der Waals surface area (Å²) in [5.41, 5.74) is 2.94. The normalized spacial score (nSPS) is 10.9. The summed E-state index contributed by atoms with van der Waals surface area (Å²) in [6, 6.07) is 13.3. The first-order valence-electron chi connectivity index (χ1n) is 8.36. The molecule has 4 nitrogen and oxygen atoms in total. The number of carbonyl (C=O) groups is 1. The molecule has 27 heavy (non-hydrogen) atoms. The summed E-state index contributed by atoms with van der Waals surface area (Å²) < 4.78 is 6.45. The van der Waals surface area contributed by atoms with E-state index in [0.717, 1.165) is 15.7 Å². The highest BCUT2D eigenvalue weighted by molar-refractivity contribution is 9.10. The predicted molar refractivity (Wildman–Crippen MR) is 115 cm³/mol. The average molecular weight is 466 g/mol. The fourth-order valence-corrected chi connectivity index (χ4v) is 3.75. The number of amides is 1. The number of benzene rings is 2. The van der Waals surface area contributed by atoms with Gasteiger partial charge in [0.2, 0.25) is 0 Å². The Kier molecular flexibility index (Phi) is 6.52. The molecule has 0 radical (unpaired) electrons. The van der Waals surface area contributed by atoms with Crippen molar-refractivity contribution < 1.29 is 9.53 Å². The zero-order valence-electron chi connectivity index (χ0n) is 14.8. The molecule has 1 aromatic heterocycles. The number of aromatic nitrogens is 1. The highest BCUT2D eigenvalue weighted by Gasteiger charge is 2.11. The van der Waals surface area contributed by atoms with E-state index in [1.54, 1.807) is 0 Å². The van der Waals surface area contributed by atoms with Gasteiger partial charge in [-0.1, -0.05) is 43.6 Å². The minimum atomic E-state index is -0.258. The van der Waals surface area contributed by atoms with Gasteiger partial charge in [0.05, 0.1) is 10.2 Å². The number of anilines is 1. The molecule has 0 aliphatic rings. The highest BCUT2D eigenvalue weighted by Crippen LogP contribution is 2.29. The number of hydrogen-bond acceptors (Lipinski definition) is 4. The van der Waals surface area contributed by atoms with Crippen LogP contribution in [0, 0.1) is 0 Å². The molecule has 0 bridgehead atoms. The summed E-state index contributed by atoms with van der Waals surface area (Å²) in [7, 11) is 0. The van der Waals surface area contributed by atoms with Crippen molar-refractivity contribution in [3.05, 3.63) is 62.9 Å². The smallest absolute Gasteiger partial charge is 0.264 e. The topological polar surface area (TPSA) is 51.2 Å². The van der Waals surface area contributed by atoms with Gasteiger partial charge in [-0.2, -0.15) is 0 Å². The molecule has 1 heterocycles. The summed E-state index contributed by atoms with van der Waals surface area (Å²) in [6.07, 6.45) is 0. The number of thiazole rings is 1. The monoisotopic (exact) mass is 464 g/mol. The molecule has 2 aromatic carbocycles. The van der Waals surface area contributed by atoms with Gasteiger partial charge in [0.1, 0.15) is 5.75 Å². The van der Waals surface area contributed by atoms with Crippen LogP contribution in [-0.4, -0.2) is 17.5 Å². The van der Waals surface area contributed by atoms with Gasteiger partial charge in [-0.05, 0) is 51.7 Å². The first kappa shape index (κ1) is 19.9. The van der Waals surface area contributed by atoms with Gasteiger partial charge in [0, 0.05) is 16.0 Å². The zero-order valence-corrected chi connectivity index (χ0v) is 18.0. The Morgan fingerprint density at radius 1 is 1.26 bits per heavy atom. The molecule has 0 fully saturated rings. The van der Waals surface area contributed by atoms with Gasteiger partial charge in [0.25, 0.3) is 5.91 Å². The van der Waals surface area contributed by atoms with Crippen LogP contribution in [-0.2, 0) is 4.79 Å². The van der Waals surface area contributed by atoms with E-state index in [-0.39, 0.29) is 12.5 Å². The van der Waals surface area contributed by atoms with E-state index in [1.807, 2.05) is 47.8 Å². The molecule has 7 heteroatoms. The fourth-order valence-electron chi connectivity index (χ4n) is 2.38. The molecule has 0 spiro atoms. The number of rotatable bonds is 6. The average Bonchev–Trinajstić information content (AvgIpc) is 3.09. The standard InChI is InChI=1S/C20H18BrClN2O2S/c1-12(2)14-5-8-18(16(21)9-14)26-10-19(25)24-20-23-17(11-27-20)13-3-6-15(22)7-4-13/h3-9,11-12H,10H2,1-2H3,(H,23,24,25). The highest BCUT2D eigenvalue weighted by atomic mass is 79.9. The van der Waals surface area contributed by atoms with Crippen LogP contribution in [0.25, 0.3) is 11.3 Å². The summed E-state index contributed by atoms with van der Waals surface area (Å²) in [6.45, 7) is 4.17. The van der Waals surface area contributed by atoms with Crippen molar-refractivity contribution in [2.24, 2.45) is 0 Å². The SMILES string of the molecule is CC(C)c1ccc(OCC(=O)Nc2nc(-c3ccc(Cl)cc3)cs2)c(Br)c1. The maximum absolute atomic E-state index is 12.2. The largest absolute Gasteiger partial charge is 0.483 e. The van der Waals surface area contributed by atoms with Crippen LogP contribution in [0.15, 0.2) is 52.3 Å². The van der Waals surface area contributed by atoms with Crippen molar-refractivity contribution in [3.8, 4) is 17.0 Å². The van der Waals surface area contributed by atoms with Gasteiger partial charge in [-0.25, -0.2) is 4.98 Å². The van der Waals surface area contributed by atoms with Crippen molar-refractivity contribution in [1.29, 1.82) is 0 Å². The first-order valence-corrected chi connectivity index (χ1v) is 10.4. The summed E-state index contributed by atoms with van der Waals surface area (Å²) in [5, 5.41) is 5.86. The molecular weight excluding hydrogens is 448 g/mol. The van der Waals surface area contributed by atoms with Crippen LogP contribution < -0.4 is 10.1 Å². The number of carbonyl (C=O) groups excluding carboxylic acids is 1. The third-order valence-corrected chi connectivity index (χ3v) is 5.50. The maximum Gasteiger partial charge on any atom is 0.264 e. The van der Waals surface area contributed by atoms with Crippen molar-refractivity contribution in [1.82, 2.24) is 4.98 Å². The van der Waals surface area contributed by atoms with Gasteiger partial charge in [-0.3, -0.25) is 10.1 Å². The third-order valence-electron chi connectivity index (χ3n) is 3.87. The Morgan fingerprint density at radius 3 is 2.67 bits per heavy atom.